The van der Waals surface area contributed by atoms with Crippen LogP contribution >= 0.6 is 27.3 Å². The van der Waals surface area contributed by atoms with Crippen LogP contribution in [0.3, 0.4) is 0 Å². The molecule has 0 fully saturated rings. The standard InChI is InChI=1S/C13H13BrO2S/c1-9(15)10-2-4-12(5-3-10)16-7-13-6-11(14)8-17-13/h2-6,8-9,15H,7H2,1H3/t9-/m1/s1. The second-order valence-electron chi connectivity index (χ2n) is 3.76. The van der Waals surface area contributed by atoms with Crippen LogP contribution < -0.4 is 4.74 Å². The lowest BCUT2D eigenvalue weighted by molar-refractivity contribution is 0.199. The van der Waals surface area contributed by atoms with Gasteiger partial charge in [0.05, 0.1) is 6.10 Å². The molecule has 1 atom stereocenters. The van der Waals surface area contributed by atoms with Gasteiger partial charge in [0.25, 0.3) is 0 Å². The first-order valence-corrected chi connectivity index (χ1v) is 6.96. The number of halogens is 1. The van der Waals surface area contributed by atoms with Crippen molar-refractivity contribution in [3.63, 3.8) is 0 Å². The highest BCUT2D eigenvalue weighted by Crippen LogP contribution is 2.22. The second-order valence-corrected chi connectivity index (χ2v) is 5.68. The molecule has 0 bridgehead atoms. The van der Waals surface area contributed by atoms with Gasteiger partial charge in [0.2, 0.25) is 0 Å². The van der Waals surface area contributed by atoms with E-state index in [1.165, 1.54) is 4.88 Å². The lowest BCUT2D eigenvalue weighted by atomic mass is 10.1. The van der Waals surface area contributed by atoms with Gasteiger partial charge in [-0.05, 0) is 46.6 Å². The number of hydrogen-bond donors (Lipinski definition) is 1. The Balaban J connectivity index is 1.95. The minimum absolute atomic E-state index is 0.433. The topological polar surface area (TPSA) is 29.5 Å². The fourth-order valence-electron chi connectivity index (χ4n) is 1.43. The van der Waals surface area contributed by atoms with E-state index >= 15 is 0 Å². The minimum atomic E-state index is -0.433. The molecule has 2 rings (SSSR count). The summed E-state index contributed by atoms with van der Waals surface area (Å²) in [5.41, 5.74) is 0.899. The number of hydrogen-bond acceptors (Lipinski definition) is 3. The van der Waals surface area contributed by atoms with E-state index in [1.54, 1.807) is 18.3 Å². The van der Waals surface area contributed by atoms with Gasteiger partial charge in [-0.3, -0.25) is 0 Å². The summed E-state index contributed by atoms with van der Waals surface area (Å²) in [5.74, 6) is 0.818. The maximum absolute atomic E-state index is 9.38. The summed E-state index contributed by atoms with van der Waals surface area (Å²) in [5, 5.41) is 11.4. The van der Waals surface area contributed by atoms with E-state index in [2.05, 4.69) is 22.0 Å². The van der Waals surface area contributed by atoms with E-state index < -0.39 is 6.10 Å². The van der Waals surface area contributed by atoms with Crippen LogP contribution in [0.5, 0.6) is 5.75 Å². The predicted octanol–water partition coefficient (Wildman–Crippen LogP) is 4.14. The van der Waals surface area contributed by atoms with Crippen LogP contribution in [0.2, 0.25) is 0 Å². The molecule has 17 heavy (non-hydrogen) atoms. The molecule has 2 nitrogen and oxygen atoms in total. The van der Waals surface area contributed by atoms with Gasteiger partial charge in [-0.2, -0.15) is 0 Å². The SMILES string of the molecule is C[C@@H](O)c1ccc(OCc2cc(Br)cs2)cc1. The van der Waals surface area contributed by atoms with Gasteiger partial charge < -0.3 is 9.84 Å². The number of aliphatic hydroxyl groups excluding tert-OH is 1. The normalized spacial score (nSPS) is 12.4. The predicted molar refractivity (Wildman–Crippen MR) is 73.4 cm³/mol. The fourth-order valence-corrected chi connectivity index (χ4v) is 2.79. The molecule has 0 amide bonds. The van der Waals surface area contributed by atoms with Crippen molar-refractivity contribution in [3.05, 3.63) is 50.6 Å². The van der Waals surface area contributed by atoms with Crippen molar-refractivity contribution in [1.29, 1.82) is 0 Å². The lowest BCUT2D eigenvalue weighted by Gasteiger charge is -2.07. The zero-order valence-electron chi connectivity index (χ0n) is 9.39. The molecule has 4 heteroatoms. The number of benzene rings is 1. The summed E-state index contributed by atoms with van der Waals surface area (Å²) in [6.07, 6.45) is -0.433. The first kappa shape index (κ1) is 12.6. The van der Waals surface area contributed by atoms with Crippen molar-refractivity contribution in [2.75, 3.05) is 0 Å². The Bertz CT molecular complexity index is 476. The highest BCUT2D eigenvalue weighted by atomic mass is 79.9. The Morgan fingerprint density at radius 1 is 1.35 bits per heavy atom. The molecule has 0 aliphatic rings. The molecule has 1 heterocycles. The van der Waals surface area contributed by atoms with Crippen LogP contribution in [0.4, 0.5) is 0 Å². The third kappa shape index (κ3) is 3.56. The van der Waals surface area contributed by atoms with E-state index in [-0.39, 0.29) is 0 Å². The Labute approximate surface area is 113 Å². The van der Waals surface area contributed by atoms with Crippen molar-refractivity contribution in [2.45, 2.75) is 19.6 Å². The van der Waals surface area contributed by atoms with Crippen LogP contribution in [0.1, 0.15) is 23.5 Å². The van der Waals surface area contributed by atoms with Crippen molar-refractivity contribution in [3.8, 4) is 5.75 Å². The van der Waals surface area contributed by atoms with Gasteiger partial charge in [-0.15, -0.1) is 11.3 Å². The van der Waals surface area contributed by atoms with Gasteiger partial charge in [0.15, 0.2) is 0 Å². The molecule has 0 spiro atoms. The molecule has 0 saturated carbocycles. The first-order chi connectivity index (χ1) is 8.15. The Morgan fingerprint density at radius 3 is 2.59 bits per heavy atom. The van der Waals surface area contributed by atoms with Gasteiger partial charge in [0.1, 0.15) is 12.4 Å². The summed E-state index contributed by atoms with van der Waals surface area (Å²) in [7, 11) is 0. The Kier molecular flexibility index (Phi) is 4.20. The molecular formula is C13H13BrO2S. The third-order valence-electron chi connectivity index (χ3n) is 2.37. The average molecular weight is 313 g/mol. The first-order valence-electron chi connectivity index (χ1n) is 5.29. The number of aliphatic hydroxyl groups is 1. The van der Waals surface area contributed by atoms with Gasteiger partial charge in [-0.25, -0.2) is 0 Å². The van der Waals surface area contributed by atoms with E-state index in [0.717, 1.165) is 15.8 Å². The van der Waals surface area contributed by atoms with E-state index in [1.807, 2.05) is 29.6 Å². The van der Waals surface area contributed by atoms with E-state index in [9.17, 15) is 5.11 Å². The third-order valence-corrected chi connectivity index (χ3v) is 4.04. The van der Waals surface area contributed by atoms with Gasteiger partial charge in [0, 0.05) is 14.7 Å². The average Bonchev–Trinajstić information content (AvgIpc) is 2.73. The molecule has 1 N–H and O–H groups in total. The van der Waals surface area contributed by atoms with Crippen LogP contribution in [0.15, 0.2) is 40.2 Å². The largest absolute Gasteiger partial charge is 0.488 e. The number of ether oxygens (including phenoxy) is 1. The molecule has 0 aliphatic heterocycles. The van der Waals surface area contributed by atoms with Gasteiger partial charge >= 0.3 is 0 Å². The molecule has 0 aliphatic carbocycles. The quantitative estimate of drug-likeness (QED) is 0.919. The van der Waals surface area contributed by atoms with Crippen molar-refractivity contribution < 1.29 is 9.84 Å². The summed E-state index contributed by atoms with van der Waals surface area (Å²) in [6.45, 7) is 2.32. The summed E-state index contributed by atoms with van der Waals surface area (Å²) in [4.78, 5) is 1.18. The smallest absolute Gasteiger partial charge is 0.122 e. The van der Waals surface area contributed by atoms with Crippen LogP contribution in [-0.2, 0) is 6.61 Å². The summed E-state index contributed by atoms with van der Waals surface area (Å²) in [6, 6.07) is 9.57. The van der Waals surface area contributed by atoms with Crippen molar-refractivity contribution in [1.82, 2.24) is 0 Å². The molecule has 0 unspecified atom stereocenters. The second kappa shape index (κ2) is 5.67. The fraction of sp³-hybridized carbons (Fsp3) is 0.231. The van der Waals surface area contributed by atoms with Crippen LogP contribution in [-0.4, -0.2) is 5.11 Å². The van der Waals surface area contributed by atoms with Crippen molar-refractivity contribution in [2.24, 2.45) is 0 Å². The monoisotopic (exact) mass is 312 g/mol. The molecule has 0 saturated heterocycles. The van der Waals surface area contributed by atoms with E-state index in [4.69, 9.17) is 4.74 Å². The van der Waals surface area contributed by atoms with Crippen LogP contribution in [0, 0.1) is 0 Å². The van der Waals surface area contributed by atoms with Gasteiger partial charge in [-0.1, -0.05) is 12.1 Å². The molecule has 1 aromatic heterocycles. The Hall–Kier alpha value is -0.840. The molecular weight excluding hydrogens is 300 g/mol. The zero-order valence-corrected chi connectivity index (χ0v) is 11.8. The Morgan fingerprint density at radius 2 is 2.06 bits per heavy atom. The molecule has 90 valence electrons. The summed E-state index contributed by atoms with van der Waals surface area (Å²) < 4.78 is 6.74. The molecule has 1 aromatic carbocycles. The maximum Gasteiger partial charge on any atom is 0.122 e. The summed E-state index contributed by atoms with van der Waals surface area (Å²) >= 11 is 5.08. The molecule has 2 aromatic rings. The lowest BCUT2D eigenvalue weighted by Crippen LogP contribution is -1.94. The molecule has 0 radical (unpaired) electrons. The highest BCUT2D eigenvalue weighted by molar-refractivity contribution is 9.10. The van der Waals surface area contributed by atoms with E-state index in [0.29, 0.717) is 6.61 Å². The number of thiophene rings is 1. The maximum atomic E-state index is 9.38. The number of rotatable bonds is 4. The highest BCUT2D eigenvalue weighted by Gasteiger charge is 2.02. The van der Waals surface area contributed by atoms with Crippen LogP contribution in [0.25, 0.3) is 0 Å². The van der Waals surface area contributed by atoms with Crippen molar-refractivity contribution >= 4 is 27.3 Å². The minimum Gasteiger partial charge on any atom is -0.488 e. The zero-order chi connectivity index (χ0) is 12.3.